The minimum atomic E-state index is -0.178. The second-order valence-corrected chi connectivity index (χ2v) is 4.83. The van der Waals surface area contributed by atoms with Crippen LogP contribution in [0, 0.1) is 0 Å². The molecule has 0 unspecified atom stereocenters. The van der Waals surface area contributed by atoms with E-state index in [2.05, 4.69) is 20.5 Å². The first-order valence-corrected chi connectivity index (χ1v) is 7.26. The Kier molecular flexibility index (Phi) is 4.33. The second kappa shape index (κ2) is 6.74. The fourth-order valence-corrected chi connectivity index (χ4v) is 2.16. The van der Waals surface area contributed by atoms with Gasteiger partial charge in [0.1, 0.15) is 12.1 Å². The Hall–Kier alpha value is -3.15. The summed E-state index contributed by atoms with van der Waals surface area (Å²) < 4.78 is 5.37. The van der Waals surface area contributed by atoms with E-state index in [1.165, 1.54) is 6.33 Å². The summed E-state index contributed by atoms with van der Waals surface area (Å²) in [5.41, 5.74) is 2.11. The molecule has 0 fully saturated rings. The van der Waals surface area contributed by atoms with Crippen LogP contribution >= 0.6 is 0 Å². The minimum Gasteiger partial charge on any atom is -0.494 e. The highest BCUT2D eigenvalue weighted by molar-refractivity contribution is 6.04. The number of ether oxygens (including phenoxy) is 1. The first kappa shape index (κ1) is 14.8. The van der Waals surface area contributed by atoms with E-state index < -0.39 is 0 Å². The quantitative estimate of drug-likeness (QED) is 0.759. The lowest BCUT2D eigenvalue weighted by Gasteiger charge is -2.08. The van der Waals surface area contributed by atoms with Gasteiger partial charge >= 0.3 is 0 Å². The number of anilines is 1. The summed E-state index contributed by atoms with van der Waals surface area (Å²) in [7, 11) is 0. The second-order valence-electron chi connectivity index (χ2n) is 4.83. The first-order chi connectivity index (χ1) is 11.3. The van der Waals surface area contributed by atoms with Crippen molar-refractivity contribution in [3.05, 3.63) is 60.4 Å². The standard InChI is InChI=1S/C17H16N4O2/c1-2-23-15-8-6-12(7-9-15)17(22)20-14-5-3-4-13(10-14)16-18-11-19-21-16/h3-11H,2H2,1H3,(H,20,22)(H,18,19,21). The Labute approximate surface area is 133 Å². The number of carbonyl (C=O) groups excluding carboxylic acids is 1. The van der Waals surface area contributed by atoms with Gasteiger partial charge in [0.15, 0.2) is 5.82 Å². The number of rotatable bonds is 5. The van der Waals surface area contributed by atoms with Gasteiger partial charge in [-0.2, -0.15) is 5.10 Å². The predicted octanol–water partition coefficient (Wildman–Crippen LogP) is 3.12. The van der Waals surface area contributed by atoms with Crippen molar-refractivity contribution in [2.24, 2.45) is 0 Å². The van der Waals surface area contributed by atoms with E-state index in [-0.39, 0.29) is 5.91 Å². The van der Waals surface area contributed by atoms with Gasteiger partial charge < -0.3 is 10.1 Å². The molecule has 0 saturated heterocycles. The Morgan fingerprint density at radius 3 is 2.74 bits per heavy atom. The molecule has 1 heterocycles. The van der Waals surface area contributed by atoms with Crippen molar-refractivity contribution < 1.29 is 9.53 Å². The van der Waals surface area contributed by atoms with Gasteiger partial charge in [0.05, 0.1) is 6.61 Å². The summed E-state index contributed by atoms with van der Waals surface area (Å²) >= 11 is 0. The Balaban J connectivity index is 1.73. The molecule has 0 atom stereocenters. The van der Waals surface area contributed by atoms with E-state index in [9.17, 15) is 4.79 Å². The molecule has 3 aromatic rings. The molecule has 0 aliphatic heterocycles. The highest BCUT2D eigenvalue weighted by atomic mass is 16.5. The SMILES string of the molecule is CCOc1ccc(C(=O)Nc2cccc(-c3ncn[nH]3)c2)cc1. The van der Waals surface area contributed by atoms with Gasteiger partial charge in [0, 0.05) is 16.8 Å². The van der Waals surface area contributed by atoms with Crippen molar-refractivity contribution >= 4 is 11.6 Å². The highest BCUT2D eigenvalue weighted by Gasteiger charge is 2.08. The largest absolute Gasteiger partial charge is 0.494 e. The molecule has 1 amide bonds. The van der Waals surface area contributed by atoms with Crippen LogP contribution in [0.1, 0.15) is 17.3 Å². The lowest BCUT2D eigenvalue weighted by atomic mass is 10.1. The molecule has 0 radical (unpaired) electrons. The van der Waals surface area contributed by atoms with Crippen LogP contribution in [-0.4, -0.2) is 27.7 Å². The van der Waals surface area contributed by atoms with E-state index in [1.54, 1.807) is 24.3 Å². The third-order valence-electron chi connectivity index (χ3n) is 3.24. The smallest absolute Gasteiger partial charge is 0.255 e. The van der Waals surface area contributed by atoms with Crippen molar-refractivity contribution in [2.75, 3.05) is 11.9 Å². The number of benzene rings is 2. The molecule has 1 aromatic heterocycles. The van der Waals surface area contributed by atoms with Gasteiger partial charge in [-0.15, -0.1) is 0 Å². The maximum Gasteiger partial charge on any atom is 0.255 e. The van der Waals surface area contributed by atoms with Crippen LogP contribution in [-0.2, 0) is 0 Å². The van der Waals surface area contributed by atoms with Crippen LogP contribution in [0.2, 0.25) is 0 Å². The minimum absolute atomic E-state index is 0.178. The zero-order valence-corrected chi connectivity index (χ0v) is 12.6. The van der Waals surface area contributed by atoms with Crippen molar-refractivity contribution in [3.8, 4) is 17.1 Å². The number of H-pyrrole nitrogens is 1. The lowest BCUT2D eigenvalue weighted by Crippen LogP contribution is -2.11. The van der Waals surface area contributed by atoms with E-state index in [0.29, 0.717) is 23.7 Å². The highest BCUT2D eigenvalue weighted by Crippen LogP contribution is 2.19. The third-order valence-corrected chi connectivity index (χ3v) is 3.24. The number of carbonyl (C=O) groups is 1. The Morgan fingerprint density at radius 1 is 1.22 bits per heavy atom. The van der Waals surface area contributed by atoms with Gasteiger partial charge in [-0.05, 0) is 43.3 Å². The van der Waals surface area contributed by atoms with Gasteiger partial charge in [0.2, 0.25) is 0 Å². The summed E-state index contributed by atoms with van der Waals surface area (Å²) in [4.78, 5) is 16.4. The summed E-state index contributed by atoms with van der Waals surface area (Å²) in [6.45, 7) is 2.52. The van der Waals surface area contributed by atoms with E-state index in [0.717, 1.165) is 11.3 Å². The number of amides is 1. The van der Waals surface area contributed by atoms with Crippen LogP contribution < -0.4 is 10.1 Å². The third kappa shape index (κ3) is 3.55. The number of aromatic amines is 1. The van der Waals surface area contributed by atoms with Gasteiger partial charge in [-0.1, -0.05) is 12.1 Å². The van der Waals surface area contributed by atoms with Gasteiger partial charge in [-0.3, -0.25) is 9.89 Å². The monoisotopic (exact) mass is 308 g/mol. The Bertz CT molecular complexity index is 783. The van der Waals surface area contributed by atoms with Gasteiger partial charge in [0.25, 0.3) is 5.91 Å². The maximum absolute atomic E-state index is 12.3. The van der Waals surface area contributed by atoms with Crippen LogP contribution in [0.4, 0.5) is 5.69 Å². The van der Waals surface area contributed by atoms with E-state index in [4.69, 9.17) is 4.74 Å². The molecule has 0 spiro atoms. The topological polar surface area (TPSA) is 79.9 Å². The average molecular weight is 308 g/mol. The predicted molar refractivity (Wildman–Crippen MR) is 87.4 cm³/mol. The molecule has 116 valence electrons. The molecule has 6 heteroatoms. The van der Waals surface area contributed by atoms with E-state index in [1.807, 2.05) is 31.2 Å². The molecule has 0 aliphatic carbocycles. The summed E-state index contributed by atoms with van der Waals surface area (Å²) in [6.07, 6.45) is 1.44. The van der Waals surface area contributed by atoms with Crippen molar-refractivity contribution in [1.29, 1.82) is 0 Å². The summed E-state index contributed by atoms with van der Waals surface area (Å²) in [6, 6.07) is 14.5. The average Bonchev–Trinajstić information content (AvgIpc) is 3.11. The molecule has 6 nitrogen and oxygen atoms in total. The summed E-state index contributed by atoms with van der Waals surface area (Å²) in [5, 5.41) is 9.49. The molecular weight excluding hydrogens is 292 g/mol. The molecule has 2 N–H and O–H groups in total. The van der Waals surface area contributed by atoms with E-state index >= 15 is 0 Å². The Morgan fingerprint density at radius 2 is 2.04 bits per heavy atom. The number of aromatic nitrogens is 3. The number of nitrogens with one attached hydrogen (secondary N) is 2. The van der Waals surface area contributed by atoms with Gasteiger partial charge in [-0.25, -0.2) is 4.98 Å². The fourth-order valence-electron chi connectivity index (χ4n) is 2.16. The molecule has 0 aliphatic rings. The fraction of sp³-hybridized carbons (Fsp3) is 0.118. The molecular formula is C17H16N4O2. The lowest BCUT2D eigenvalue weighted by molar-refractivity contribution is 0.102. The van der Waals surface area contributed by atoms with Crippen LogP contribution in [0.3, 0.4) is 0 Å². The zero-order valence-electron chi connectivity index (χ0n) is 12.6. The summed E-state index contributed by atoms with van der Waals surface area (Å²) in [5.74, 6) is 1.22. The molecule has 2 aromatic carbocycles. The van der Waals surface area contributed by atoms with Crippen molar-refractivity contribution in [1.82, 2.24) is 15.2 Å². The number of hydrogen-bond donors (Lipinski definition) is 2. The van der Waals surface area contributed by atoms with Crippen molar-refractivity contribution in [3.63, 3.8) is 0 Å². The molecule has 0 saturated carbocycles. The maximum atomic E-state index is 12.3. The van der Waals surface area contributed by atoms with Crippen LogP contribution in [0.15, 0.2) is 54.9 Å². The molecule has 3 rings (SSSR count). The first-order valence-electron chi connectivity index (χ1n) is 7.26. The molecule has 23 heavy (non-hydrogen) atoms. The normalized spacial score (nSPS) is 10.3. The number of nitrogens with zero attached hydrogens (tertiary/aromatic N) is 2. The van der Waals surface area contributed by atoms with Crippen LogP contribution in [0.5, 0.6) is 5.75 Å². The number of hydrogen-bond acceptors (Lipinski definition) is 4. The zero-order chi connectivity index (χ0) is 16.1. The van der Waals surface area contributed by atoms with Crippen LogP contribution in [0.25, 0.3) is 11.4 Å². The van der Waals surface area contributed by atoms with Crippen molar-refractivity contribution in [2.45, 2.75) is 6.92 Å². The molecule has 0 bridgehead atoms.